The number of carbonyl (C=O) groups excluding carboxylic acids is 2. The molecule has 1 aromatic heterocycles. The molecule has 0 aliphatic heterocycles. The fourth-order valence-corrected chi connectivity index (χ4v) is 1.62. The number of terminal acetylenes is 1. The van der Waals surface area contributed by atoms with Gasteiger partial charge in [-0.2, -0.15) is 5.10 Å². The summed E-state index contributed by atoms with van der Waals surface area (Å²) in [5.74, 6) is 1.18. The van der Waals surface area contributed by atoms with Crippen LogP contribution < -0.4 is 10.6 Å². The third-order valence-corrected chi connectivity index (χ3v) is 2.79. The summed E-state index contributed by atoms with van der Waals surface area (Å²) < 4.78 is 1.63. The minimum absolute atomic E-state index is 0.0277. The lowest BCUT2D eigenvalue weighted by atomic mass is 10.1. The molecule has 0 radical (unpaired) electrons. The highest BCUT2D eigenvalue weighted by Crippen LogP contribution is 2.05. The van der Waals surface area contributed by atoms with Gasteiger partial charge in [0.05, 0.1) is 12.6 Å². The zero-order valence-corrected chi connectivity index (χ0v) is 12.3. The van der Waals surface area contributed by atoms with Crippen LogP contribution in [-0.2, 0) is 4.79 Å². The first-order valence-corrected chi connectivity index (χ1v) is 6.62. The quantitative estimate of drug-likeness (QED) is 0.627. The van der Waals surface area contributed by atoms with Crippen LogP contribution in [0.5, 0.6) is 0 Å². The minimum atomic E-state index is -1.09. The Bertz CT molecular complexity index is 543. The second-order valence-electron chi connectivity index (χ2n) is 4.89. The van der Waals surface area contributed by atoms with Crippen molar-refractivity contribution in [1.29, 1.82) is 0 Å². The van der Waals surface area contributed by atoms with Crippen molar-refractivity contribution in [2.24, 2.45) is 0 Å². The molecular weight excluding hydrogens is 272 g/mol. The van der Waals surface area contributed by atoms with Crippen molar-refractivity contribution in [2.45, 2.75) is 39.0 Å². The topological polar surface area (TPSA) is 96.3 Å². The molecule has 1 heterocycles. The Labute approximate surface area is 123 Å². The van der Waals surface area contributed by atoms with Crippen LogP contribution in [0.25, 0.3) is 0 Å². The molecule has 0 fully saturated rings. The van der Waals surface area contributed by atoms with E-state index in [0.29, 0.717) is 0 Å². The molecule has 114 valence electrons. The first-order valence-electron chi connectivity index (χ1n) is 6.62. The Morgan fingerprint density at radius 3 is 2.62 bits per heavy atom. The third kappa shape index (κ3) is 4.61. The van der Waals surface area contributed by atoms with Gasteiger partial charge in [0.25, 0.3) is 5.91 Å². The van der Waals surface area contributed by atoms with Crippen molar-refractivity contribution in [3.63, 3.8) is 0 Å². The van der Waals surface area contributed by atoms with Crippen LogP contribution in [-0.4, -0.2) is 45.4 Å². The Morgan fingerprint density at radius 2 is 2.14 bits per heavy atom. The SMILES string of the molecule is C#CCNC(=O)[C@@H](NC(=O)c1ccn(C(C)C)n1)[C@@H](C)O. The van der Waals surface area contributed by atoms with E-state index in [1.54, 1.807) is 16.9 Å². The number of carbonyl (C=O) groups is 2. The largest absolute Gasteiger partial charge is 0.391 e. The Morgan fingerprint density at radius 1 is 1.48 bits per heavy atom. The van der Waals surface area contributed by atoms with Gasteiger partial charge in [-0.05, 0) is 26.8 Å². The molecule has 0 unspecified atom stereocenters. The van der Waals surface area contributed by atoms with Crippen LogP contribution in [0.4, 0.5) is 0 Å². The van der Waals surface area contributed by atoms with E-state index < -0.39 is 24.0 Å². The maximum absolute atomic E-state index is 12.1. The fraction of sp³-hybridized carbons (Fsp3) is 0.500. The van der Waals surface area contributed by atoms with Gasteiger partial charge >= 0.3 is 0 Å². The lowest BCUT2D eigenvalue weighted by Crippen LogP contribution is -2.52. The summed E-state index contributed by atoms with van der Waals surface area (Å²) in [5, 5.41) is 18.6. The van der Waals surface area contributed by atoms with Gasteiger partial charge in [0, 0.05) is 12.2 Å². The van der Waals surface area contributed by atoms with E-state index in [9.17, 15) is 14.7 Å². The minimum Gasteiger partial charge on any atom is -0.391 e. The molecule has 0 aliphatic rings. The number of aromatic nitrogens is 2. The summed E-state index contributed by atoms with van der Waals surface area (Å²) >= 11 is 0. The summed E-state index contributed by atoms with van der Waals surface area (Å²) in [7, 11) is 0. The molecule has 3 N–H and O–H groups in total. The average molecular weight is 292 g/mol. The van der Waals surface area contributed by atoms with Crippen molar-refractivity contribution in [3.05, 3.63) is 18.0 Å². The molecule has 2 amide bonds. The van der Waals surface area contributed by atoms with Crippen molar-refractivity contribution < 1.29 is 14.7 Å². The zero-order chi connectivity index (χ0) is 16.0. The van der Waals surface area contributed by atoms with E-state index in [0.717, 1.165) is 0 Å². The van der Waals surface area contributed by atoms with Crippen LogP contribution in [0.1, 0.15) is 37.3 Å². The zero-order valence-electron chi connectivity index (χ0n) is 12.3. The van der Waals surface area contributed by atoms with Gasteiger partial charge in [0.15, 0.2) is 0 Å². The summed E-state index contributed by atoms with van der Waals surface area (Å²) in [6.07, 6.45) is 5.67. The average Bonchev–Trinajstić information content (AvgIpc) is 2.91. The molecule has 7 heteroatoms. The number of aliphatic hydroxyl groups excluding tert-OH is 1. The van der Waals surface area contributed by atoms with Crippen molar-refractivity contribution in [2.75, 3.05) is 6.54 Å². The van der Waals surface area contributed by atoms with Gasteiger partial charge in [-0.15, -0.1) is 6.42 Å². The number of aliphatic hydroxyl groups is 1. The van der Waals surface area contributed by atoms with Crippen LogP contribution in [0.15, 0.2) is 12.3 Å². The summed E-state index contributed by atoms with van der Waals surface area (Å²) in [4.78, 5) is 23.9. The number of hydrogen-bond acceptors (Lipinski definition) is 4. The molecule has 0 saturated carbocycles. The second-order valence-corrected chi connectivity index (χ2v) is 4.89. The van der Waals surface area contributed by atoms with Gasteiger partial charge in [0.1, 0.15) is 11.7 Å². The maximum Gasteiger partial charge on any atom is 0.272 e. The van der Waals surface area contributed by atoms with Crippen LogP contribution >= 0.6 is 0 Å². The highest BCUT2D eigenvalue weighted by atomic mass is 16.3. The molecule has 0 saturated heterocycles. The number of nitrogens with one attached hydrogen (secondary N) is 2. The second kappa shape index (κ2) is 7.45. The molecule has 0 bridgehead atoms. The van der Waals surface area contributed by atoms with E-state index in [-0.39, 0.29) is 18.3 Å². The van der Waals surface area contributed by atoms with Crippen LogP contribution in [0, 0.1) is 12.3 Å². The van der Waals surface area contributed by atoms with E-state index in [1.165, 1.54) is 6.92 Å². The standard InChI is InChI=1S/C14H20N4O3/c1-5-7-15-14(21)12(10(4)19)16-13(20)11-6-8-18(17-11)9(2)3/h1,6,8-10,12,19H,7H2,2-4H3,(H,15,21)(H,16,20)/t10-,12+/m1/s1. The van der Waals surface area contributed by atoms with Gasteiger partial charge in [-0.3, -0.25) is 14.3 Å². The highest BCUT2D eigenvalue weighted by Gasteiger charge is 2.26. The van der Waals surface area contributed by atoms with Gasteiger partial charge in [0.2, 0.25) is 5.91 Å². The molecule has 0 aliphatic carbocycles. The number of rotatable bonds is 6. The highest BCUT2D eigenvalue weighted by molar-refractivity contribution is 5.96. The van der Waals surface area contributed by atoms with E-state index in [4.69, 9.17) is 6.42 Å². The lowest BCUT2D eigenvalue weighted by molar-refractivity contribution is -0.125. The molecule has 0 aromatic carbocycles. The molecule has 1 aromatic rings. The Balaban J connectivity index is 2.76. The van der Waals surface area contributed by atoms with Crippen molar-refractivity contribution >= 4 is 11.8 Å². The monoisotopic (exact) mass is 292 g/mol. The summed E-state index contributed by atoms with van der Waals surface area (Å²) in [6.45, 7) is 5.30. The first kappa shape index (κ1) is 16.7. The maximum atomic E-state index is 12.1. The Kier molecular flexibility index (Phi) is 5.93. The molecule has 7 nitrogen and oxygen atoms in total. The number of hydrogen-bond donors (Lipinski definition) is 3. The predicted octanol–water partition coefficient (Wildman–Crippen LogP) is -0.307. The molecule has 1 rings (SSSR count). The fourth-order valence-electron chi connectivity index (χ4n) is 1.62. The third-order valence-electron chi connectivity index (χ3n) is 2.79. The van der Waals surface area contributed by atoms with Gasteiger partial charge in [-0.1, -0.05) is 5.92 Å². The smallest absolute Gasteiger partial charge is 0.272 e. The normalized spacial score (nSPS) is 13.3. The van der Waals surface area contributed by atoms with Crippen molar-refractivity contribution in [3.8, 4) is 12.3 Å². The van der Waals surface area contributed by atoms with Crippen LogP contribution in [0.2, 0.25) is 0 Å². The molecule has 0 spiro atoms. The summed E-state index contributed by atoms with van der Waals surface area (Å²) in [5.41, 5.74) is 0.180. The van der Waals surface area contributed by atoms with E-state index in [1.807, 2.05) is 13.8 Å². The van der Waals surface area contributed by atoms with Gasteiger partial charge in [-0.25, -0.2) is 0 Å². The number of amides is 2. The first-order chi connectivity index (χ1) is 9.86. The van der Waals surface area contributed by atoms with E-state index >= 15 is 0 Å². The van der Waals surface area contributed by atoms with Gasteiger partial charge < -0.3 is 15.7 Å². The van der Waals surface area contributed by atoms with E-state index in [2.05, 4.69) is 21.7 Å². The number of nitrogens with zero attached hydrogens (tertiary/aromatic N) is 2. The lowest BCUT2D eigenvalue weighted by Gasteiger charge is -2.19. The Hall–Kier alpha value is -2.33. The molecule has 21 heavy (non-hydrogen) atoms. The van der Waals surface area contributed by atoms with Crippen molar-refractivity contribution in [1.82, 2.24) is 20.4 Å². The van der Waals surface area contributed by atoms with Crippen LogP contribution in [0.3, 0.4) is 0 Å². The predicted molar refractivity (Wildman–Crippen MR) is 77.4 cm³/mol. The molecular formula is C14H20N4O3. The summed E-state index contributed by atoms with van der Waals surface area (Å²) in [6, 6.07) is 0.585. The molecule has 2 atom stereocenters.